The molecule has 0 bridgehead atoms. The fraction of sp³-hybridized carbons (Fsp3) is 0.364. The Balaban J connectivity index is 2.08. The van der Waals surface area contributed by atoms with Crippen LogP contribution in [0.25, 0.3) is 0 Å². The molecule has 6 nitrogen and oxygen atoms in total. The molecule has 90 valence electrons. The summed E-state index contributed by atoms with van der Waals surface area (Å²) in [6.45, 7) is 0.520. The average molecular weight is 233 g/mol. The van der Waals surface area contributed by atoms with Gasteiger partial charge in [-0.1, -0.05) is 0 Å². The molecule has 0 atom stereocenters. The van der Waals surface area contributed by atoms with Crippen molar-refractivity contribution in [2.45, 2.75) is 6.54 Å². The van der Waals surface area contributed by atoms with Crippen LogP contribution in [0.2, 0.25) is 0 Å². The minimum absolute atomic E-state index is 0.0909. The predicted octanol–water partition coefficient (Wildman–Crippen LogP) is 0.426. The summed E-state index contributed by atoms with van der Waals surface area (Å²) in [5.41, 5.74) is 1.44. The summed E-state index contributed by atoms with van der Waals surface area (Å²) >= 11 is 0. The number of aromatic nitrogens is 4. The molecular formula is C11H15N5O. The van der Waals surface area contributed by atoms with Gasteiger partial charge in [0.05, 0.1) is 12.2 Å². The lowest BCUT2D eigenvalue weighted by molar-refractivity contribution is 0.0775. The molecule has 0 aliphatic carbocycles. The van der Waals surface area contributed by atoms with Gasteiger partial charge in [0.15, 0.2) is 0 Å². The lowest BCUT2D eigenvalue weighted by Crippen LogP contribution is -2.27. The first-order valence-electron chi connectivity index (χ1n) is 5.30. The van der Waals surface area contributed by atoms with Gasteiger partial charge in [-0.2, -0.15) is 10.2 Å². The second kappa shape index (κ2) is 4.40. The van der Waals surface area contributed by atoms with E-state index in [-0.39, 0.29) is 5.91 Å². The van der Waals surface area contributed by atoms with Crippen LogP contribution in [0.5, 0.6) is 0 Å². The molecule has 0 saturated carbocycles. The molecule has 6 heteroatoms. The maximum absolute atomic E-state index is 12.0. The number of hydrogen-bond acceptors (Lipinski definition) is 3. The molecule has 0 spiro atoms. The van der Waals surface area contributed by atoms with Gasteiger partial charge in [-0.15, -0.1) is 0 Å². The van der Waals surface area contributed by atoms with Gasteiger partial charge in [-0.05, 0) is 12.1 Å². The zero-order chi connectivity index (χ0) is 12.4. The van der Waals surface area contributed by atoms with Gasteiger partial charge in [0, 0.05) is 33.5 Å². The highest BCUT2D eigenvalue weighted by Gasteiger charge is 2.15. The van der Waals surface area contributed by atoms with E-state index in [0.29, 0.717) is 12.2 Å². The SMILES string of the molecule is CN(Cc1ccnn1C)C(=O)c1ccn(C)n1. The standard InChI is InChI=1S/C11H15N5O/c1-14(8-9-4-6-12-16(9)3)11(17)10-5-7-15(2)13-10/h4-7H,8H2,1-3H3. The van der Waals surface area contributed by atoms with Crippen LogP contribution in [-0.4, -0.2) is 37.4 Å². The first-order valence-corrected chi connectivity index (χ1v) is 5.30. The summed E-state index contributed by atoms with van der Waals surface area (Å²) < 4.78 is 3.37. The van der Waals surface area contributed by atoms with Crippen LogP contribution in [0.4, 0.5) is 0 Å². The molecule has 0 N–H and O–H groups in total. The summed E-state index contributed by atoms with van der Waals surface area (Å²) in [5, 5.41) is 8.15. The molecule has 2 aromatic heterocycles. The normalized spacial score (nSPS) is 10.5. The van der Waals surface area contributed by atoms with Crippen molar-refractivity contribution in [2.75, 3.05) is 7.05 Å². The fourth-order valence-corrected chi connectivity index (χ4v) is 1.60. The average Bonchev–Trinajstić information content (AvgIpc) is 2.88. The Labute approximate surface area is 99.4 Å². The van der Waals surface area contributed by atoms with E-state index < -0.39 is 0 Å². The van der Waals surface area contributed by atoms with Crippen molar-refractivity contribution in [1.29, 1.82) is 0 Å². The minimum atomic E-state index is -0.0909. The Morgan fingerprint density at radius 1 is 1.41 bits per heavy atom. The van der Waals surface area contributed by atoms with E-state index in [1.54, 1.807) is 46.8 Å². The van der Waals surface area contributed by atoms with Crippen LogP contribution in [0.3, 0.4) is 0 Å². The number of rotatable bonds is 3. The van der Waals surface area contributed by atoms with Gasteiger partial charge in [0.25, 0.3) is 5.91 Å². The molecule has 1 amide bonds. The maximum Gasteiger partial charge on any atom is 0.274 e. The molecule has 2 aromatic rings. The van der Waals surface area contributed by atoms with Crippen LogP contribution in [0, 0.1) is 0 Å². The fourth-order valence-electron chi connectivity index (χ4n) is 1.60. The van der Waals surface area contributed by atoms with E-state index in [1.165, 1.54) is 0 Å². The Bertz CT molecular complexity index is 527. The van der Waals surface area contributed by atoms with Crippen LogP contribution in [0.1, 0.15) is 16.2 Å². The van der Waals surface area contributed by atoms with Crippen molar-refractivity contribution in [3.63, 3.8) is 0 Å². The summed E-state index contributed by atoms with van der Waals surface area (Å²) in [5.74, 6) is -0.0909. The third-order valence-corrected chi connectivity index (χ3v) is 2.60. The van der Waals surface area contributed by atoms with E-state index in [4.69, 9.17) is 0 Å². The third kappa shape index (κ3) is 2.35. The van der Waals surface area contributed by atoms with Crippen LogP contribution < -0.4 is 0 Å². The number of carbonyl (C=O) groups is 1. The quantitative estimate of drug-likeness (QED) is 0.772. The van der Waals surface area contributed by atoms with Crippen molar-refractivity contribution in [2.24, 2.45) is 14.1 Å². The largest absolute Gasteiger partial charge is 0.334 e. The van der Waals surface area contributed by atoms with E-state index in [0.717, 1.165) is 5.69 Å². The summed E-state index contributed by atoms with van der Waals surface area (Å²) in [6.07, 6.45) is 3.47. The van der Waals surface area contributed by atoms with Gasteiger partial charge in [0.2, 0.25) is 0 Å². The third-order valence-electron chi connectivity index (χ3n) is 2.60. The van der Waals surface area contributed by atoms with Gasteiger partial charge in [-0.3, -0.25) is 14.2 Å². The molecule has 2 heterocycles. The Hall–Kier alpha value is -2.11. The van der Waals surface area contributed by atoms with Crippen LogP contribution in [-0.2, 0) is 20.6 Å². The molecule has 0 aromatic carbocycles. The van der Waals surface area contributed by atoms with Gasteiger partial charge in [0.1, 0.15) is 5.69 Å². The molecule has 17 heavy (non-hydrogen) atoms. The highest BCUT2D eigenvalue weighted by Crippen LogP contribution is 2.05. The molecule has 0 saturated heterocycles. The number of nitrogens with zero attached hydrogens (tertiary/aromatic N) is 5. The second-order valence-electron chi connectivity index (χ2n) is 3.98. The predicted molar refractivity (Wildman–Crippen MR) is 62.2 cm³/mol. The second-order valence-corrected chi connectivity index (χ2v) is 3.98. The van der Waals surface area contributed by atoms with Crippen molar-refractivity contribution >= 4 is 5.91 Å². The van der Waals surface area contributed by atoms with Crippen LogP contribution in [0.15, 0.2) is 24.5 Å². The zero-order valence-corrected chi connectivity index (χ0v) is 10.2. The van der Waals surface area contributed by atoms with E-state index in [1.807, 2.05) is 13.1 Å². The highest BCUT2D eigenvalue weighted by molar-refractivity contribution is 5.91. The van der Waals surface area contributed by atoms with Crippen molar-refractivity contribution < 1.29 is 4.79 Å². The maximum atomic E-state index is 12.0. The van der Waals surface area contributed by atoms with Crippen molar-refractivity contribution in [1.82, 2.24) is 24.5 Å². The van der Waals surface area contributed by atoms with Gasteiger partial charge in [-0.25, -0.2) is 0 Å². The molecule has 2 rings (SSSR count). The number of carbonyl (C=O) groups excluding carboxylic acids is 1. The number of hydrogen-bond donors (Lipinski definition) is 0. The molecule has 0 fully saturated rings. The smallest absolute Gasteiger partial charge is 0.274 e. The highest BCUT2D eigenvalue weighted by atomic mass is 16.2. The molecule has 0 unspecified atom stereocenters. The summed E-state index contributed by atoms with van der Waals surface area (Å²) in [6, 6.07) is 3.60. The zero-order valence-electron chi connectivity index (χ0n) is 10.2. The molecular weight excluding hydrogens is 218 g/mol. The van der Waals surface area contributed by atoms with E-state index in [2.05, 4.69) is 10.2 Å². The van der Waals surface area contributed by atoms with Crippen molar-refractivity contribution in [3.8, 4) is 0 Å². The Morgan fingerprint density at radius 3 is 2.71 bits per heavy atom. The summed E-state index contributed by atoms with van der Waals surface area (Å²) in [4.78, 5) is 13.6. The van der Waals surface area contributed by atoms with Gasteiger partial charge < -0.3 is 4.90 Å². The first kappa shape index (κ1) is 11.4. The number of aryl methyl sites for hydroxylation is 2. The topological polar surface area (TPSA) is 56.0 Å². The molecule has 0 aliphatic heterocycles. The van der Waals surface area contributed by atoms with Crippen LogP contribution >= 0.6 is 0 Å². The van der Waals surface area contributed by atoms with Crippen molar-refractivity contribution in [3.05, 3.63) is 35.9 Å². The van der Waals surface area contributed by atoms with E-state index >= 15 is 0 Å². The van der Waals surface area contributed by atoms with Gasteiger partial charge >= 0.3 is 0 Å². The Kier molecular flexibility index (Phi) is 2.95. The number of amides is 1. The molecule has 0 aliphatic rings. The molecule has 0 radical (unpaired) electrons. The lowest BCUT2D eigenvalue weighted by Gasteiger charge is -2.15. The monoisotopic (exact) mass is 233 g/mol. The first-order chi connectivity index (χ1) is 8.08. The van der Waals surface area contributed by atoms with E-state index in [9.17, 15) is 4.79 Å². The minimum Gasteiger partial charge on any atom is -0.334 e. The Morgan fingerprint density at radius 2 is 2.18 bits per heavy atom. The lowest BCUT2D eigenvalue weighted by atomic mass is 10.3. The summed E-state index contributed by atoms with van der Waals surface area (Å²) in [7, 11) is 5.40.